The number of benzene rings is 2. The summed E-state index contributed by atoms with van der Waals surface area (Å²) in [5.74, 6) is 0.349. The van der Waals surface area contributed by atoms with Crippen molar-refractivity contribution in [2.45, 2.75) is 26.8 Å². The Kier molecular flexibility index (Phi) is 6.64. The van der Waals surface area contributed by atoms with Gasteiger partial charge < -0.3 is 9.15 Å². The number of allylic oxidation sites excluding steroid dienone is 1. The van der Waals surface area contributed by atoms with Crippen LogP contribution in [0.25, 0.3) is 17.4 Å². The third-order valence-electron chi connectivity index (χ3n) is 6.23. The Morgan fingerprint density at radius 1 is 1.18 bits per heavy atom. The third kappa shape index (κ3) is 4.50. The summed E-state index contributed by atoms with van der Waals surface area (Å²) in [7, 11) is 0. The van der Waals surface area contributed by atoms with Gasteiger partial charge in [0.2, 0.25) is 0 Å². The number of hydrogen-bond donors (Lipinski definition) is 0. The van der Waals surface area contributed by atoms with Crippen molar-refractivity contribution < 1.29 is 18.9 Å². The van der Waals surface area contributed by atoms with Gasteiger partial charge >= 0.3 is 5.97 Å². The van der Waals surface area contributed by atoms with Crippen molar-refractivity contribution in [2.24, 2.45) is 4.99 Å². The lowest BCUT2D eigenvalue weighted by Gasteiger charge is -2.24. The molecule has 9 nitrogen and oxygen atoms in total. The first-order chi connectivity index (χ1) is 18.3. The van der Waals surface area contributed by atoms with E-state index in [0.29, 0.717) is 37.7 Å². The van der Waals surface area contributed by atoms with Gasteiger partial charge in [-0.1, -0.05) is 47.7 Å². The monoisotopic (exact) mass is 529 g/mol. The minimum atomic E-state index is -0.687. The first kappa shape index (κ1) is 25.1. The molecule has 0 bridgehead atoms. The van der Waals surface area contributed by atoms with Crippen LogP contribution in [-0.2, 0) is 9.53 Å². The number of nitro benzene ring substituents is 1. The number of esters is 1. The van der Waals surface area contributed by atoms with Crippen LogP contribution in [0.2, 0.25) is 0 Å². The maximum absolute atomic E-state index is 13.7. The van der Waals surface area contributed by atoms with Crippen molar-refractivity contribution in [1.82, 2.24) is 4.57 Å². The molecule has 1 atom stereocenters. The minimum absolute atomic E-state index is 0.0365. The first-order valence-corrected chi connectivity index (χ1v) is 12.7. The van der Waals surface area contributed by atoms with Gasteiger partial charge in [0.25, 0.3) is 11.2 Å². The average Bonchev–Trinajstić information content (AvgIpc) is 3.48. The summed E-state index contributed by atoms with van der Waals surface area (Å²) in [4.78, 5) is 42.4. The summed E-state index contributed by atoms with van der Waals surface area (Å²) in [6.45, 7) is 5.51. The number of nitrogens with zero attached hydrogens (tertiary/aromatic N) is 3. The van der Waals surface area contributed by atoms with Gasteiger partial charge in [0, 0.05) is 23.8 Å². The highest BCUT2D eigenvalue weighted by Gasteiger charge is 2.33. The second kappa shape index (κ2) is 10.1. The van der Waals surface area contributed by atoms with Gasteiger partial charge in [0.05, 0.1) is 33.4 Å². The van der Waals surface area contributed by atoms with Gasteiger partial charge in [-0.25, -0.2) is 9.79 Å². The zero-order chi connectivity index (χ0) is 27.0. The molecule has 1 aliphatic heterocycles. The molecule has 0 aliphatic carbocycles. The Bertz CT molecular complexity index is 1780. The van der Waals surface area contributed by atoms with Crippen LogP contribution in [0.3, 0.4) is 0 Å². The van der Waals surface area contributed by atoms with Gasteiger partial charge in [0.1, 0.15) is 11.5 Å². The predicted molar refractivity (Wildman–Crippen MR) is 142 cm³/mol. The zero-order valence-electron chi connectivity index (χ0n) is 20.8. The molecule has 0 unspecified atom stereocenters. The van der Waals surface area contributed by atoms with E-state index in [1.807, 2.05) is 37.3 Å². The Morgan fingerprint density at radius 3 is 2.66 bits per heavy atom. The largest absolute Gasteiger partial charge is 0.463 e. The normalized spacial score (nSPS) is 15.2. The number of rotatable bonds is 6. The molecular formula is C28H23N3O6S. The number of non-ortho nitro benzene ring substituents is 1. The number of carbonyl (C=O) groups excluding carboxylic acids is 1. The fourth-order valence-corrected chi connectivity index (χ4v) is 5.46. The molecule has 2 aromatic heterocycles. The maximum atomic E-state index is 13.7. The number of hydrogen-bond acceptors (Lipinski definition) is 8. The van der Waals surface area contributed by atoms with Crippen LogP contribution < -0.4 is 14.9 Å². The van der Waals surface area contributed by atoms with Crippen LogP contribution in [0.1, 0.15) is 36.8 Å². The molecule has 38 heavy (non-hydrogen) atoms. The van der Waals surface area contributed by atoms with Gasteiger partial charge in [-0.15, -0.1) is 0 Å². The molecule has 5 rings (SSSR count). The first-order valence-electron chi connectivity index (χ1n) is 11.9. The summed E-state index contributed by atoms with van der Waals surface area (Å²) < 4.78 is 13.2. The number of aromatic nitrogens is 1. The third-order valence-corrected chi connectivity index (χ3v) is 7.21. The molecule has 0 saturated heterocycles. The van der Waals surface area contributed by atoms with Gasteiger partial charge in [-0.05, 0) is 44.0 Å². The highest BCUT2D eigenvalue weighted by atomic mass is 32.1. The molecule has 0 saturated carbocycles. The SMILES string of the molecule is CCOC(=O)C1=C(C)N=c2s/c(=C\c3ccc(-c4cc([N+](=O)[O-])ccc4C)o3)c(=O)n2[C@@H]1c1ccccc1. The fourth-order valence-electron chi connectivity index (χ4n) is 4.44. The number of fused-ring (bicyclic) bond motifs is 1. The van der Waals surface area contributed by atoms with Gasteiger partial charge in [-0.2, -0.15) is 0 Å². The van der Waals surface area contributed by atoms with E-state index in [-0.39, 0.29) is 17.9 Å². The Labute approximate surface area is 220 Å². The van der Waals surface area contributed by atoms with Gasteiger partial charge in [-0.3, -0.25) is 19.5 Å². The number of carbonyl (C=O) groups is 1. The summed E-state index contributed by atoms with van der Waals surface area (Å²) in [5, 5.41) is 11.2. The summed E-state index contributed by atoms with van der Waals surface area (Å²) in [6, 6.07) is 16.6. The standard InChI is InChI=1S/C28H23N3O6S/c1-4-36-27(33)24-17(3)29-28-30(25(24)18-8-6-5-7-9-18)26(32)23(38-28)15-20-12-13-22(37-20)21-14-19(31(34)35)11-10-16(21)2/h5-15,25H,4H2,1-3H3/b23-15-/t25-/m1/s1. The Morgan fingerprint density at radius 2 is 1.95 bits per heavy atom. The van der Waals surface area contributed by atoms with Crippen LogP contribution in [0.5, 0.6) is 0 Å². The second-order valence-corrected chi connectivity index (χ2v) is 9.68. The summed E-state index contributed by atoms with van der Waals surface area (Å²) in [6.07, 6.45) is 1.62. The maximum Gasteiger partial charge on any atom is 0.338 e. The topological polar surface area (TPSA) is 117 Å². The molecule has 4 aromatic rings. The lowest BCUT2D eigenvalue weighted by atomic mass is 9.96. The van der Waals surface area contributed by atoms with Crippen molar-refractivity contribution in [1.29, 1.82) is 0 Å². The molecule has 2 aromatic carbocycles. The molecule has 3 heterocycles. The average molecular weight is 530 g/mol. The van der Waals surface area contributed by atoms with Crippen molar-refractivity contribution in [2.75, 3.05) is 6.61 Å². The molecule has 0 fully saturated rings. The fraction of sp³-hybridized carbons (Fsp3) is 0.179. The smallest absolute Gasteiger partial charge is 0.338 e. The van der Waals surface area contributed by atoms with E-state index in [4.69, 9.17) is 9.15 Å². The molecule has 0 amide bonds. The molecule has 0 radical (unpaired) electrons. The number of aryl methyl sites for hydroxylation is 1. The van der Waals surface area contributed by atoms with Crippen molar-refractivity contribution >= 4 is 29.1 Å². The summed E-state index contributed by atoms with van der Waals surface area (Å²) in [5.41, 5.74) is 2.63. The van der Waals surface area contributed by atoms with Crippen LogP contribution in [0.15, 0.2) is 86.1 Å². The molecule has 192 valence electrons. The van der Waals surface area contributed by atoms with Crippen molar-refractivity contribution in [3.8, 4) is 11.3 Å². The van der Waals surface area contributed by atoms with Crippen LogP contribution in [0, 0.1) is 17.0 Å². The van der Waals surface area contributed by atoms with Crippen molar-refractivity contribution in [3.05, 3.63) is 119 Å². The van der Waals surface area contributed by atoms with Crippen LogP contribution in [0.4, 0.5) is 5.69 Å². The second-order valence-electron chi connectivity index (χ2n) is 8.67. The molecule has 1 aliphatic rings. The lowest BCUT2D eigenvalue weighted by Crippen LogP contribution is -2.39. The minimum Gasteiger partial charge on any atom is -0.463 e. The van der Waals surface area contributed by atoms with E-state index in [2.05, 4.69) is 4.99 Å². The number of nitro groups is 1. The van der Waals surface area contributed by atoms with E-state index < -0.39 is 16.9 Å². The predicted octanol–water partition coefficient (Wildman–Crippen LogP) is 4.27. The quantitative estimate of drug-likeness (QED) is 0.209. The highest BCUT2D eigenvalue weighted by Crippen LogP contribution is 2.31. The number of thiazole rings is 1. The van der Waals surface area contributed by atoms with E-state index in [1.165, 1.54) is 28.0 Å². The van der Waals surface area contributed by atoms with E-state index in [1.54, 1.807) is 38.1 Å². The Hall–Kier alpha value is -4.57. The highest BCUT2D eigenvalue weighted by molar-refractivity contribution is 7.07. The van der Waals surface area contributed by atoms with E-state index >= 15 is 0 Å². The number of ether oxygens (including phenoxy) is 1. The van der Waals surface area contributed by atoms with Crippen LogP contribution in [-0.4, -0.2) is 22.1 Å². The molecule has 0 spiro atoms. The summed E-state index contributed by atoms with van der Waals surface area (Å²) >= 11 is 1.19. The van der Waals surface area contributed by atoms with Crippen molar-refractivity contribution in [3.63, 3.8) is 0 Å². The molecule has 10 heteroatoms. The lowest BCUT2D eigenvalue weighted by molar-refractivity contribution is -0.384. The van der Waals surface area contributed by atoms with Crippen LogP contribution >= 0.6 is 11.3 Å². The number of furan rings is 1. The zero-order valence-corrected chi connectivity index (χ0v) is 21.7. The van der Waals surface area contributed by atoms with E-state index in [9.17, 15) is 19.7 Å². The molecular weight excluding hydrogens is 506 g/mol. The van der Waals surface area contributed by atoms with Gasteiger partial charge in [0.15, 0.2) is 4.80 Å². The Balaban J connectivity index is 1.62. The molecule has 0 N–H and O–H groups in total. The van der Waals surface area contributed by atoms with E-state index in [0.717, 1.165) is 11.1 Å².